The van der Waals surface area contributed by atoms with Crippen LogP contribution in [0.4, 0.5) is 28.0 Å². The van der Waals surface area contributed by atoms with Gasteiger partial charge >= 0.3 is 18.4 Å². The summed E-state index contributed by atoms with van der Waals surface area (Å²) in [5.74, 6) is -4.19. The molecule has 4 nitrogen and oxygen atoms in total. The summed E-state index contributed by atoms with van der Waals surface area (Å²) in [5, 5.41) is 5.35. The highest BCUT2D eigenvalue weighted by Gasteiger charge is 2.40. The summed E-state index contributed by atoms with van der Waals surface area (Å²) < 4.78 is 54.5. The third-order valence-corrected chi connectivity index (χ3v) is 3.89. The number of carbonyl (C=O) groups is 1. The molecule has 0 atom stereocenters. The molecule has 0 radical (unpaired) electrons. The number of amides is 2. The second-order valence-electron chi connectivity index (χ2n) is 6.37. The van der Waals surface area contributed by atoms with Gasteiger partial charge < -0.3 is 15.4 Å². The summed E-state index contributed by atoms with van der Waals surface area (Å²) in [6.45, 7) is 0.800. The van der Waals surface area contributed by atoms with Gasteiger partial charge in [0.2, 0.25) is 0 Å². The molecule has 2 N–H and O–H groups in total. The molecule has 8 heteroatoms. The molecule has 2 amide bonds. The summed E-state index contributed by atoms with van der Waals surface area (Å²) in [4.78, 5) is 12.0. The van der Waals surface area contributed by atoms with Crippen LogP contribution in [0.5, 0.6) is 0 Å². The van der Waals surface area contributed by atoms with Gasteiger partial charge in [0.1, 0.15) is 6.61 Å². The zero-order chi connectivity index (χ0) is 20.6. The first-order valence-corrected chi connectivity index (χ1v) is 8.69. The topological polar surface area (TPSA) is 50.4 Å². The monoisotopic (exact) mass is 398 g/mol. The molecule has 0 aliphatic carbocycles. The van der Waals surface area contributed by atoms with E-state index in [2.05, 4.69) is 15.4 Å². The van der Waals surface area contributed by atoms with E-state index in [1.807, 2.05) is 31.2 Å². The molecular weight excluding hydrogens is 376 g/mol. The van der Waals surface area contributed by atoms with Crippen LogP contribution in [0.25, 0.3) is 0 Å². The minimum atomic E-state index is -4.19. The molecule has 0 spiro atoms. The fraction of sp³-hybridized carbons (Fsp3) is 0.350. The summed E-state index contributed by atoms with van der Waals surface area (Å²) in [5.41, 5.74) is 3.18. The number of ether oxygens (including phenoxy) is 1. The van der Waals surface area contributed by atoms with Crippen molar-refractivity contribution in [2.24, 2.45) is 0 Å². The highest BCUT2D eigenvalue weighted by Crippen LogP contribution is 2.23. The van der Waals surface area contributed by atoms with E-state index in [1.54, 1.807) is 18.2 Å². The van der Waals surface area contributed by atoms with Gasteiger partial charge in [-0.1, -0.05) is 42.0 Å². The van der Waals surface area contributed by atoms with E-state index in [0.29, 0.717) is 24.2 Å². The van der Waals surface area contributed by atoms with Crippen LogP contribution in [-0.2, 0) is 17.8 Å². The Balaban J connectivity index is 1.76. The zero-order valence-corrected chi connectivity index (χ0v) is 15.4. The molecule has 0 bridgehead atoms. The number of hydrogen-bond acceptors (Lipinski definition) is 2. The molecule has 0 aliphatic rings. The van der Waals surface area contributed by atoms with Gasteiger partial charge in [0.05, 0.1) is 6.61 Å². The summed E-state index contributed by atoms with van der Waals surface area (Å²) >= 11 is 0. The molecule has 0 saturated carbocycles. The van der Waals surface area contributed by atoms with E-state index < -0.39 is 25.0 Å². The van der Waals surface area contributed by atoms with Gasteiger partial charge in [-0.15, -0.1) is 0 Å². The lowest BCUT2D eigenvalue weighted by Gasteiger charge is -2.15. The van der Waals surface area contributed by atoms with E-state index >= 15 is 0 Å². The molecule has 152 valence electrons. The van der Waals surface area contributed by atoms with Gasteiger partial charge in [-0.2, -0.15) is 8.78 Å². The van der Waals surface area contributed by atoms with Gasteiger partial charge in [-0.25, -0.2) is 13.6 Å². The molecule has 0 fully saturated rings. The second-order valence-corrected chi connectivity index (χ2v) is 6.37. The quantitative estimate of drug-likeness (QED) is 0.598. The second kappa shape index (κ2) is 10.1. The maximum absolute atomic E-state index is 12.8. The van der Waals surface area contributed by atoms with E-state index in [4.69, 9.17) is 0 Å². The Hall–Kier alpha value is -2.61. The minimum absolute atomic E-state index is 0.271. The summed E-state index contributed by atoms with van der Waals surface area (Å²) in [6, 6.07) is 13.9. The number of aryl methyl sites for hydroxylation is 1. The Morgan fingerprint density at radius 1 is 1.11 bits per heavy atom. The molecule has 0 aliphatic heterocycles. The fourth-order valence-electron chi connectivity index (χ4n) is 2.36. The number of benzene rings is 2. The van der Waals surface area contributed by atoms with Crippen LogP contribution in [0.3, 0.4) is 0 Å². The average molecular weight is 398 g/mol. The predicted molar refractivity (Wildman–Crippen MR) is 99.0 cm³/mol. The maximum Gasteiger partial charge on any atom is 0.330 e. The Morgan fingerprint density at radius 3 is 2.50 bits per heavy atom. The van der Waals surface area contributed by atoms with E-state index in [-0.39, 0.29) is 6.61 Å². The van der Waals surface area contributed by atoms with Crippen molar-refractivity contribution in [2.75, 3.05) is 18.5 Å². The average Bonchev–Trinajstić information content (AvgIpc) is 2.63. The van der Waals surface area contributed by atoms with Gasteiger partial charge in [-0.3, -0.25) is 0 Å². The minimum Gasteiger partial charge on any atom is -0.370 e. The number of hydrogen-bond donors (Lipinski definition) is 2. The first-order chi connectivity index (χ1) is 13.3. The fourth-order valence-corrected chi connectivity index (χ4v) is 2.36. The molecule has 28 heavy (non-hydrogen) atoms. The molecule has 0 saturated heterocycles. The normalized spacial score (nSPS) is 11.5. The van der Waals surface area contributed by atoms with Crippen LogP contribution in [0, 0.1) is 6.92 Å². The van der Waals surface area contributed by atoms with E-state index in [9.17, 15) is 22.4 Å². The summed E-state index contributed by atoms with van der Waals surface area (Å²) in [6.07, 6.45) is -3.09. The van der Waals surface area contributed by atoms with Gasteiger partial charge in [-0.05, 0) is 36.6 Å². The van der Waals surface area contributed by atoms with Crippen molar-refractivity contribution in [2.45, 2.75) is 32.3 Å². The van der Waals surface area contributed by atoms with E-state index in [0.717, 1.165) is 11.1 Å². The first kappa shape index (κ1) is 21.7. The van der Waals surface area contributed by atoms with Crippen LogP contribution in [0.2, 0.25) is 0 Å². The maximum atomic E-state index is 12.8. The molecule has 0 unspecified atom stereocenters. The molecular formula is C20H22F4N2O2. The van der Waals surface area contributed by atoms with Gasteiger partial charge in [0, 0.05) is 12.2 Å². The number of nitrogens with one attached hydrogen (secondary N) is 2. The van der Waals surface area contributed by atoms with Crippen LogP contribution in [-0.4, -0.2) is 31.5 Å². The van der Waals surface area contributed by atoms with Crippen molar-refractivity contribution < 1.29 is 27.1 Å². The Labute approximate surface area is 160 Å². The summed E-state index contributed by atoms with van der Waals surface area (Å²) in [7, 11) is 0. The molecule has 0 heterocycles. The Kier molecular flexibility index (Phi) is 7.80. The molecule has 2 aromatic rings. The smallest absolute Gasteiger partial charge is 0.330 e. The number of rotatable bonds is 9. The van der Waals surface area contributed by atoms with Crippen LogP contribution >= 0.6 is 0 Å². The van der Waals surface area contributed by atoms with Crippen LogP contribution in [0.1, 0.15) is 16.7 Å². The van der Waals surface area contributed by atoms with Gasteiger partial charge in [0.25, 0.3) is 0 Å². The third kappa shape index (κ3) is 7.19. The predicted octanol–water partition coefficient (Wildman–Crippen LogP) is 4.78. The van der Waals surface area contributed by atoms with Gasteiger partial charge in [0.15, 0.2) is 0 Å². The van der Waals surface area contributed by atoms with E-state index in [1.165, 1.54) is 6.07 Å². The lowest BCUT2D eigenvalue weighted by molar-refractivity contribution is -0.168. The largest absolute Gasteiger partial charge is 0.370 e. The van der Waals surface area contributed by atoms with Crippen LogP contribution in [0.15, 0.2) is 48.5 Å². The number of anilines is 1. The molecule has 2 aromatic carbocycles. The molecule has 2 rings (SSSR count). The zero-order valence-electron chi connectivity index (χ0n) is 15.4. The van der Waals surface area contributed by atoms with Crippen molar-refractivity contribution in [1.82, 2.24) is 5.32 Å². The number of carbonyl (C=O) groups excluding carboxylic acids is 1. The Bertz CT molecular complexity index is 767. The van der Waals surface area contributed by atoms with Crippen LogP contribution < -0.4 is 10.6 Å². The highest BCUT2D eigenvalue weighted by molar-refractivity contribution is 5.89. The number of halogens is 4. The van der Waals surface area contributed by atoms with Crippen molar-refractivity contribution in [3.8, 4) is 0 Å². The van der Waals surface area contributed by atoms with Crippen molar-refractivity contribution in [1.29, 1.82) is 0 Å². The number of urea groups is 1. The van der Waals surface area contributed by atoms with Crippen molar-refractivity contribution >= 4 is 11.7 Å². The van der Waals surface area contributed by atoms with Crippen molar-refractivity contribution in [3.63, 3.8) is 0 Å². The number of alkyl halides is 4. The molecule has 0 aromatic heterocycles. The first-order valence-electron chi connectivity index (χ1n) is 8.69. The Morgan fingerprint density at radius 2 is 1.82 bits per heavy atom. The lowest BCUT2D eigenvalue weighted by Crippen LogP contribution is -2.32. The standard InChI is InChI=1S/C20H22F4N2O2/c1-14-5-7-15(8-6-14)9-10-25-19(27)26-17-4-2-3-16(11-17)12-28-13-20(23,24)18(21)22/h2-8,11,18H,9-10,12-13H2,1H3,(H2,25,26,27). The lowest BCUT2D eigenvalue weighted by atomic mass is 10.1. The highest BCUT2D eigenvalue weighted by atomic mass is 19.3. The SMILES string of the molecule is Cc1ccc(CCNC(=O)Nc2cccc(COCC(F)(F)C(F)F)c2)cc1. The third-order valence-electron chi connectivity index (χ3n) is 3.89. The van der Waals surface area contributed by atoms with Crippen molar-refractivity contribution in [3.05, 3.63) is 65.2 Å².